The molecule has 4 fully saturated rings. The van der Waals surface area contributed by atoms with E-state index in [-0.39, 0.29) is 23.0 Å². The van der Waals surface area contributed by atoms with Crippen molar-refractivity contribution >= 4 is 24.2 Å². The maximum absolute atomic E-state index is 13.3. The highest BCUT2D eigenvalue weighted by atomic mass is 79.9. The normalized spacial score (nSPS) is 37.8. The molecule has 8 heteroatoms. The van der Waals surface area contributed by atoms with Gasteiger partial charge in [-0.3, -0.25) is 0 Å². The lowest BCUT2D eigenvalue weighted by Crippen LogP contribution is -2.74. The molecule has 3 heterocycles. The van der Waals surface area contributed by atoms with Gasteiger partial charge in [-0.1, -0.05) is 109 Å². The van der Waals surface area contributed by atoms with Gasteiger partial charge in [0.05, 0.1) is 35.8 Å². The summed E-state index contributed by atoms with van der Waals surface area (Å²) >= 11 is 4.07. The molecule has 3 aliphatic heterocycles. The van der Waals surface area contributed by atoms with Gasteiger partial charge in [-0.25, -0.2) is 0 Å². The second-order valence-electron chi connectivity index (χ2n) is 16.3. The van der Waals surface area contributed by atoms with E-state index in [0.717, 1.165) is 11.1 Å². The summed E-state index contributed by atoms with van der Waals surface area (Å²) in [5.41, 5.74) is -1.57. The van der Waals surface area contributed by atoms with Crippen molar-refractivity contribution in [2.24, 2.45) is 17.8 Å². The summed E-state index contributed by atoms with van der Waals surface area (Å²) in [5, 5.41) is 13.3. The second-order valence-corrected chi connectivity index (χ2v) is 22.1. The Morgan fingerprint density at radius 2 is 1.65 bits per heavy atom. The molecule has 6 nitrogen and oxygen atoms in total. The largest absolute Gasteiger partial charge is 0.414 e. The molecule has 0 unspecified atom stereocenters. The van der Waals surface area contributed by atoms with Gasteiger partial charge in [0.1, 0.15) is 17.3 Å². The molecule has 0 aromatic heterocycles. The zero-order chi connectivity index (χ0) is 35.5. The van der Waals surface area contributed by atoms with Gasteiger partial charge in [0.15, 0.2) is 14.1 Å². The molecule has 3 saturated heterocycles. The third-order valence-electron chi connectivity index (χ3n) is 11.8. The summed E-state index contributed by atoms with van der Waals surface area (Å²) < 4.78 is 35.1. The van der Waals surface area contributed by atoms with E-state index < -0.39 is 53.9 Å². The van der Waals surface area contributed by atoms with Crippen LogP contribution in [0.1, 0.15) is 58.6 Å². The molecule has 1 spiro atoms. The Labute approximate surface area is 302 Å². The number of halogens is 1. The average molecular weight is 750 g/mol. The van der Waals surface area contributed by atoms with E-state index in [4.69, 9.17) is 23.4 Å². The van der Waals surface area contributed by atoms with E-state index in [9.17, 15) is 5.11 Å². The van der Waals surface area contributed by atoms with E-state index >= 15 is 0 Å². The monoisotopic (exact) mass is 748 g/mol. The summed E-state index contributed by atoms with van der Waals surface area (Å²) in [5.74, 6) is 4.85. The fourth-order valence-corrected chi connectivity index (χ4v) is 10.4. The zero-order valence-corrected chi connectivity index (χ0v) is 32.7. The first-order valence-electron chi connectivity index (χ1n) is 17.6. The van der Waals surface area contributed by atoms with Crippen LogP contribution in [0.2, 0.25) is 18.1 Å². The maximum Gasteiger partial charge on any atom is 0.192 e. The minimum atomic E-state index is -2.24. The van der Waals surface area contributed by atoms with Crippen LogP contribution in [0.5, 0.6) is 0 Å². The van der Waals surface area contributed by atoms with Crippen LogP contribution in [-0.2, 0) is 30.0 Å². The minimum absolute atomic E-state index is 0.0206. The minimum Gasteiger partial charge on any atom is -0.414 e. The molecule has 6 rings (SSSR count). The highest BCUT2D eigenvalue weighted by Gasteiger charge is 2.80. The van der Waals surface area contributed by atoms with Gasteiger partial charge < -0.3 is 28.5 Å². The third kappa shape index (κ3) is 6.27. The molecule has 0 amide bonds. The summed E-state index contributed by atoms with van der Waals surface area (Å²) in [6, 6.07) is 20.0. The van der Waals surface area contributed by atoms with Gasteiger partial charge in [-0.05, 0) is 62.5 Å². The zero-order valence-electron chi connectivity index (χ0n) is 30.1. The first-order valence-corrected chi connectivity index (χ1v) is 21.4. The Hall–Kier alpha value is -2.06. The SMILES string of the molecule is C=CC[C@@H]1[C@@](O)(C#Cc2ccccc2)[C@H](Br)[C@]2(CO[Si](C)(C)C(C)(C)C)C[C@H]3[C@@H](OCc4ccccc4)[C@H]4OC(C)(C)O[C@@H]4[C@@H](C=C)[C@]13O2. The summed E-state index contributed by atoms with van der Waals surface area (Å²) in [7, 11) is -2.24. The van der Waals surface area contributed by atoms with Crippen LogP contribution in [0.4, 0.5) is 0 Å². The molecule has 10 atom stereocenters. The Balaban J connectivity index is 1.54. The molecule has 264 valence electrons. The second kappa shape index (κ2) is 13.2. The molecule has 4 aliphatic rings. The van der Waals surface area contributed by atoms with Crippen molar-refractivity contribution in [3.05, 3.63) is 97.1 Å². The van der Waals surface area contributed by atoms with E-state index in [1.54, 1.807) is 0 Å². The Bertz CT molecular complexity index is 1580. The van der Waals surface area contributed by atoms with E-state index in [0.29, 0.717) is 26.1 Å². The molecular weight excluding hydrogens is 696 g/mol. The molecule has 1 N–H and O–H groups in total. The topological polar surface area (TPSA) is 66.4 Å². The average Bonchev–Trinajstić information content (AvgIpc) is 3.56. The van der Waals surface area contributed by atoms with E-state index in [1.807, 2.05) is 74.5 Å². The fraction of sp³-hybridized carbons (Fsp3) is 0.561. The number of ether oxygens (including phenoxy) is 4. The predicted octanol–water partition coefficient (Wildman–Crippen LogP) is 8.20. The quantitative estimate of drug-likeness (QED) is 0.121. The number of benzene rings is 2. The van der Waals surface area contributed by atoms with Crippen molar-refractivity contribution in [1.29, 1.82) is 0 Å². The predicted molar refractivity (Wildman–Crippen MR) is 200 cm³/mol. The smallest absolute Gasteiger partial charge is 0.192 e. The highest BCUT2D eigenvalue weighted by Crippen LogP contribution is 2.68. The van der Waals surface area contributed by atoms with Crippen molar-refractivity contribution in [2.45, 2.75) is 118 Å². The number of fused-ring (bicyclic) bond motifs is 2. The van der Waals surface area contributed by atoms with Gasteiger partial charge in [0.25, 0.3) is 0 Å². The van der Waals surface area contributed by atoms with Gasteiger partial charge in [0, 0.05) is 23.3 Å². The van der Waals surface area contributed by atoms with Crippen molar-refractivity contribution in [2.75, 3.05) is 6.61 Å². The fourth-order valence-electron chi connectivity index (χ4n) is 8.51. The van der Waals surface area contributed by atoms with Crippen LogP contribution in [0.3, 0.4) is 0 Å². The molecule has 2 aromatic rings. The van der Waals surface area contributed by atoms with Crippen LogP contribution in [0.25, 0.3) is 0 Å². The molecule has 1 saturated carbocycles. The van der Waals surface area contributed by atoms with Gasteiger partial charge in [0.2, 0.25) is 0 Å². The van der Waals surface area contributed by atoms with Crippen LogP contribution in [0, 0.1) is 29.6 Å². The Morgan fingerprint density at radius 3 is 2.27 bits per heavy atom. The summed E-state index contributed by atoms with van der Waals surface area (Å²) in [6.07, 6.45) is 3.63. The molecule has 49 heavy (non-hydrogen) atoms. The van der Waals surface area contributed by atoms with Crippen LogP contribution in [-0.4, -0.2) is 65.8 Å². The Kier molecular flexibility index (Phi) is 9.87. The molecule has 0 radical (unpaired) electrons. The molecular formula is C41H53BrO6Si. The first kappa shape index (κ1) is 36.7. The Morgan fingerprint density at radius 1 is 1.02 bits per heavy atom. The highest BCUT2D eigenvalue weighted by molar-refractivity contribution is 9.09. The van der Waals surface area contributed by atoms with Gasteiger partial charge in [-0.15, -0.1) is 13.2 Å². The number of hydrogen-bond donors (Lipinski definition) is 1. The third-order valence-corrected chi connectivity index (χ3v) is 17.8. The first-order chi connectivity index (χ1) is 23.0. The lowest BCUT2D eigenvalue weighted by atomic mass is 9.56. The van der Waals surface area contributed by atoms with Gasteiger partial charge in [-0.2, -0.15) is 0 Å². The number of aliphatic hydroxyl groups is 1. The number of rotatable bonds is 9. The maximum atomic E-state index is 13.3. The number of alkyl halides is 1. The summed E-state index contributed by atoms with van der Waals surface area (Å²) in [4.78, 5) is -0.590. The van der Waals surface area contributed by atoms with Crippen molar-refractivity contribution in [3.8, 4) is 11.8 Å². The van der Waals surface area contributed by atoms with E-state index in [1.165, 1.54) is 0 Å². The van der Waals surface area contributed by atoms with Crippen molar-refractivity contribution < 1.29 is 28.5 Å². The van der Waals surface area contributed by atoms with Crippen LogP contribution < -0.4 is 0 Å². The lowest BCUT2D eigenvalue weighted by molar-refractivity contribution is -0.282. The number of allylic oxidation sites excluding steroid dienone is 1. The standard InChI is InChI=1S/C41H53BrO6Si/c1-10-18-32-40(43,24-23-28-19-14-12-15-20-28)36(42)39(27-45-49(8,9)37(3,4)5)25-31-33(44-26-29-21-16-13-17-22-29)35-34(46-38(6,7)47-35)30(11-2)41(31,32)48-39/h10-17,19-22,30-36,43H,1-2,18,25-27H2,3-9H3/t30-,31+,32-,33-,34-,35-,36-,39-,40+,41-/m1/s1. The molecule has 2 bridgehead atoms. The number of hydrogen-bond acceptors (Lipinski definition) is 6. The van der Waals surface area contributed by atoms with Crippen molar-refractivity contribution in [3.63, 3.8) is 0 Å². The summed E-state index contributed by atoms with van der Waals surface area (Å²) in [6.45, 7) is 24.3. The molecule has 2 aromatic carbocycles. The van der Waals surface area contributed by atoms with Crippen LogP contribution >= 0.6 is 15.9 Å². The van der Waals surface area contributed by atoms with Gasteiger partial charge >= 0.3 is 0 Å². The van der Waals surface area contributed by atoms with Crippen molar-refractivity contribution in [1.82, 2.24) is 0 Å². The lowest BCUT2D eigenvalue weighted by Gasteiger charge is -2.61. The van der Waals surface area contributed by atoms with E-state index in [2.05, 4.69) is 86.9 Å². The molecule has 1 aliphatic carbocycles. The van der Waals surface area contributed by atoms with Crippen LogP contribution in [0.15, 0.2) is 86.0 Å².